The van der Waals surface area contributed by atoms with Crippen LogP contribution in [-0.2, 0) is 11.8 Å². The lowest BCUT2D eigenvalue weighted by Crippen LogP contribution is -2.49. The van der Waals surface area contributed by atoms with E-state index >= 15 is 0 Å². The first-order valence-electron chi connectivity index (χ1n) is 8.86. The van der Waals surface area contributed by atoms with Crippen molar-refractivity contribution in [2.45, 2.75) is 31.9 Å². The van der Waals surface area contributed by atoms with Gasteiger partial charge < -0.3 is 9.64 Å². The van der Waals surface area contributed by atoms with Crippen LogP contribution in [0.25, 0.3) is 16.8 Å². The van der Waals surface area contributed by atoms with Crippen LogP contribution in [0.4, 0.5) is 4.39 Å². The number of halogens is 1. The third-order valence-electron chi connectivity index (χ3n) is 4.88. The Bertz CT molecular complexity index is 1100. The predicted octanol–water partition coefficient (Wildman–Crippen LogP) is 1.66. The molecule has 3 heterocycles. The molecule has 0 aliphatic heterocycles. The van der Waals surface area contributed by atoms with Crippen molar-refractivity contribution >= 4 is 11.4 Å². The molecule has 9 heteroatoms. The molecule has 3 aromatic heterocycles. The second-order valence-corrected chi connectivity index (χ2v) is 6.74. The lowest BCUT2D eigenvalue weighted by atomic mass is 9.88. The number of hydrogen-bond donors (Lipinski definition) is 0. The summed E-state index contributed by atoms with van der Waals surface area (Å²) in [4.78, 5) is 17.9. The summed E-state index contributed by atoms with van der Waals surface area (Å²) >= 11 is 0. The van der Waals surface area contributed by atoms with Gasteiger partial charge in [-0.1, -0.05) is 5.92 Å². The van der Waals surface area contributed by atoms with E-state index in [9.17, 15) is 9.18 Å². The van der Waals surface area contributed by atoms with Crippen molar-refractivity contribution in [1.29, 1.82) is 0 Å². The van der Waals surface area contributed by atoms with Crippen molar-refractivity contribution in [3.05, 3.63) is 30.6 Å². The van der Waals surface area contributed by atoms with Gasteiger partial charge in [0.1, 0.15) is 17.3 Å². The fourth-order valence-electron chi connectivity index (χ4n) is 3.21. The number of ether oxygens (including phenoxy) is 1. The van der Waals surface area contributed by atoms with Crippen molar-refractivity contribution < 1.29 is 13.9 Å². The highest BCUT2D eigenvalue weighted by Crippen LogP contribution is 2.32. The lowest BCUT2D eigenvalue weighted by Gasteiger charge is -2.39. The largest absolute Gasteiger partial charge is 0.473 e. The molecule has 0 bridgehead atoms. The number of fused-ring (bicyclic) bond motifs is 1. The van der Waals surface area contributed by atoms with Gasteiger partial charge in [-0.25, -0.2) is 4.98 Å². The number of aryl methyl sites for hydroxylation is 1. The van der Waals surface area contributed by atoms with E-state index in [1.165, 1.54) is 10.7 Å². The van der Waals surface area contributed by atoms with Crippen LogP contribution >= 0.6 is 0 Å². The summed E-state index contributed by atoms with van der Waals surface area (Å²) in [5.41, 5.74) is 1.12. The van der Waals surface area contributed by atoms with Crippen molar-refractivity contribution in [2.75, 3.05) is 7.05 Å². The Morgan fingerprint density at radius 3 is 2.86 bits per heavy atom. The number of hydrogen-bond acceptors (Lipinski definition) is 5. The first kappa shape index (κ1) is 18.0. The zero-order chi connectivity index (χ0) is 19.8. The van der Waals surface area contributed by atoms with Crippen LogP contribution in [0.2, 0.25) is 0 Å². The molecule has 8 nitrogen and oxygen atoms in total. The number of carbonyl (C=O) groups is 1. The summed E-state index contributed by atoms with van der Waals surface area (Å²) in [5.74, 6) is 4.68. The summed E-state index contributed by atoms with van der Waals surface area (Å²) in [7, 11) is 3.49. The topological polar surface area (TPSA) is 77.6 Å². The molecule has 1 aliphatic rings. The Labute approximate surface area is 160 Å². The molecule has 3 aromatic rings. The maximum Gasteiger partial charge on any atom is 0.298 e. The molecular weight excluding hydrogens is 363 g/mol. The van der Waals surface area contributed by atoms with E-state index in [0.717, 1.165) is 0 Å². The Hall–Kier alpha value is -3.41. The zero-order valence-corrected chi connectivity index (χ0v) is 15.8. The normalized spacial score (nSPS) is 18.3. The number of amides is 1. The molecular formula is C19H19FN6O2. The minimum Gasteiger partial charge on any atom is -0.473 e. The number of rotatable bonds is 4. The highest BCUT2D eigenvalue weighted by Gasteiger charge is 2.36. The van der Waals surface area contributed by atoms with Crippen LogP contribution in [0, 0.1) is 17.8 Å². The van der Waals surface area contributed by atoms with Crippen LogP contribution < -0.4 is 4.74 Å². The summed E-state index contributed by atoms with van der Waals surface area (Å²) in [6.07, 6.45) is 5.93. The molecule has 0 radical (unpaired) electrons. The van der Waals surface area contributed by atoms with Crippen LogP contribution in [0.5, 0.6) is 5.88 Å². The summed E-state index contributed by atoms with van der Waals surface area (Å²) in [6, 6.07) is 1.72. The smallest absolute Gasteiger partial charge is 0.298 e. The van der Waals surface area contributed by atoms with Crippen LogP contribution in [0.3, 0.4) is 0 Å². The van der Waals surface area contributed by atoms with E-state index in [-0.39, 0.29) is 23.7 Å². The van der Waals surface area contributed by atoms with Gasteiger partial charge in [0.15, 0.2) is 0 Å². The van der Waals surface area contributed by atoms with Crippen molar-refractivity contribution in [3.63, 3.8) is 0 Å². The fourth-order valence-corrected chi connectivity index (χ4v) is 3.21. The molecule has 0 spiro atoms. The molecule has 1 amide bonds. The maximum atomic E-state index is 14.8. The van der Waals surface area contributed by atoms with Gasteiger partial charge in [-0.05, 0) is 18.9 Å². The quantitative estimate of drug-likeness (QED) is 0.642. The van der Waals surface area contributed by atoms with E-state index in [2.05, 4.69) is 27.0 Å². The number of nitrogens with zero attached hydrogens (tertiary/aromatic N) is 6. The van der Waals surface area contributed by atoms with Gasteiger partial charge in [0.2, 0.25) is 11.8 Å². The average Bonchev–Trinajstić information content (AvgIpc) is 3.28. The molecule has 0 unspecified atom stereocenters. The Kier molecular flexibility index (Phi) is 4.47. The molecule has 144 valence electrons. The molecule has 0 saturated heterocycles. The maximum absolute atomic E-state index is 14.8. The SMILES string of the molecule is CC#CC(=O)N(C)C1CC(Oc2nc(-c3cnn(C)c3)c(F)n3nccc23)C1. The number of aromatic nitrogens is 5. The summed E-state index contributed by atoms with van der Waals surface area (Å²) in [5, 5.41) is 8.11. The molecule has 0 N–H and O–H groups in total. The van der Waals surface area contributed by atoms with E-state index in [1.807, 2.05) is 0 Å². The Morgan fingerprint density at radius 1 is 1.39 bits per heavy atom. The molecule has 1 fully saturated rings. The first-order chi connectivity index (χ1) is 13.5. The van der Waals surface area contributed by atoms with E-state index < -0.39 is 5.95 Å². The van der Waals surface area contributed by atoms with Crippen molar-refractivity contribution in [2.24, 2.45) is 7.05 Å². The first-order valence-corrected chi connectivity index (χ1v) is 8.86. The molecule has 28 heavy (non-hydrogen) atoms. The van der Waals surface area contributed by atoms with Gasteiger partial charge in [0.25, 0.3) is 5.91 Å². The highest BCUT2D eigenvalue weighted by atomic mass is 19.1. The monoisotopic (exact) mass is 382 g/mol. The minimum absolute atomic E-state index is 0.0672. The summed E-state index contributed by atoms with van der Waals surface area (Å²) < 4.78 is 23.6. The molecule has 0 atom stereocenters. The molecule has 1 aliphatic carbocycles. The van der Waals surface area contributed by atoms with E-state index in [4.69, 9.17) is 4.74 Å². The van der Waals surface area contributed by atoms with Gasteiger partial charge in [-0.2, -0.15) is 19.1 Å². The van der Waals surface area contributed by atoms with Gasteiger partial charge >= 0.3 is 0 Å². The van der Waals surface area contributed by atoms with Crippen LogP contribution in [0.15, 0.2) is 24.7 Å². The second-order valence-electron chi connectivity index (χ2n) is 6.74. The van der Waals surface area contributed by atoms with Crippen molar-refractivity contribution in [3.8, 4) is 29.0 Å². The van der Waals surface area contributed by atoms with Gasteiger partial charge in [-0.15, -0.1) is 0 Å². The van der Waals surface area contributed by atoms with Gasteiger partial charge in [0, 0.05) is 44.7 Å². The minimum atomic E-state index is -0.574. The van der Waals surface area contributed by atoms with Crippen LogP contribution in [-0.4, -0.2) is 54.4 Å². The highest BCUT2D eigenvalue weighted by molar-refractivity contribution is 5.93. The molecule has 1 saturated carbocycles. The van der Waals surface area contributed by atoms with E-state index in [1.54, 1.807) is 49.1 Å². The molecule has 4 rings (SSSR count). The molecule has 0 aromatic carbocycles. The van der Waals surface area contributed by atoms with Crippen LogP contribution in [0.1, 0.15) is 19.8 Å². The lowest BCUT2D eigenvalue weighted by molar-refractivity contribution is -0.129. The standard InChI is InChI=1S/C19H19FN6O2/c1-4-5-16(27)25(3)13-8-14(9-13)28-19-15-6-7-21-26(15)18(20)17(23-19)12-10-22-24(2)11-12/h6-7,10-11,13-14H,8-9H2,1-3H3. The van der Waals surface area contributed by atoms with Gasteiger partial charge in [-0.3, -0.25) is 9.48 Å². The van der Waals surface area contributed by atoms with Gasteiger partial charge in [0.05, 0.1) is 12.4 Å². The number of carbonyl (C=O) groups excluding carboxylic acids is 1. The second kappa shape index (κ2) is 6.96. The third-order valence-corrected chi connectivity index (χ3v) is 4.88. The Balaban J connectivity index is 1.56. The predicted molar refractivity (Wildman–Crippen MR) is 98.8 cm³/mol. The fraction of sp³-hybridized carbons (Fsp3) is 0.368. The summed E-state index contributed by atoms with van der Waals surface area (Å²) in [6.45, 7) is 1.63. The van der Waals surface area contributed by atoms with Crippen molar-refractivity contribution in [1.82, 2.24) is 29.3 Å². The zero-order valence-electron chi connectivity index (χ0n) is 15.8. The van der Waals surface area contributed by atoms with E-state index in [0.29, 0.717) is 29.8 Å². The Morgan fingerprint density at radius 2 is 2.18 bits per heavy atom. The third kappa shape index (κ3) is 3.07. The average molecular weight is 382 g/mol.